The molecule has 2 aromatic rings. The Morgan fingerprint density at radius 3 is 2.35 bits per heavy atom. The topological polar surface area (TPSA) is 29.9 Å². The minimum Gasteiger partial charge on any atom is -0.326 e. The van der Waals surface area contributed by atoms with Gasteiger partial charge in [0.2, 0.25) is 5.95 Å². The monoisotopic (exact) mass is 271 g/mol. The van der Waals surface area contributed by atoms with Crippen LogP contribution in [0.25, 0.3) is 0 Å². The van der Waals surface area contributed by atoms with Crippen LogP contribution in [-0.2, 0) is 12.0 Å². The summed E-state index contributed by atoms with van der Waals surface area (Å²) in [6, 6.07) is 8.62. The van der Waals surface area contributed by atoms with E-state index in [0.29, 0.717) is 0 Å². The van der Waals surface area contributed by atoms with Crippen LogP contribution in [0, 0.1) is 6.92 Å². The van der Waals surface area contributed by atoms with Gasteiger partial charge in [0.15, 0.2) is 0 Å². The van der Waals surface area contributed by atoms with Crippen molar-refractivity contribution < 1.29 is 0 Å². The number of imidazole rings is 1. The number of hydrogen-bond acceptors (Lipinski definition) is 2. The van der Waals surface area contributed by atoms with Crippen molar-refractivity contribution in [3.63, 3.8) is 0 Å². The first-order chi connectivity index (χ1) is 9.40. The zero-order chi connectivity index (χ0) is 14.8. The maximum absolute atomic E-state index is 4.55. The van der Waals surface area contributed by atoms with E-state index in [1.807, 2.05) is 6.92 Å². The number of anilines is 2. The van der Waals surface area contributed by atoms with Crippen LogP contribution in [0.3, 0.4) is 0 Å². The Balaban J connectivity index is 2.18. The molecule has 108 valence electrons. The van der Waals surface area contributed by atoms with Gasteiger partial charge in [0.25, 0.3) is 0 Å². The molecule has 0 fully saturated rings. The average Bonchev–Trinajstić information content (AvgIpc) is 2.69. The van der Waals surface area contributed by atoms with Crippen molar-refractivity contribution in [1.82, 2.24) is 9.55 Å². The molecule has 0 aliphatic rings. The molecule has 0 bridgehead atoms. The van der Waals surface area contributed by atoms with Gasteiger partial charge in [-0.15, -0.1) is 0 Å². The van der Waals surface area contributed by atoms with E-state index in [2.05, 4.69) is 73.0 Å². The second kappa shape index (κ2) is 5.70. The molecule has 1 heterocycles. The van der Waals surface area contributed by atoms with Crippen LogP contribution in [0.1, 0.15) is 45.4 Å². The van der Waals surface area contributed by atoms with Crippen LogP contribution < -0.4 is 5.32 Å². The quantitative estimate of drug-likeness (QED) is 0.877. The van der Waals surface area contributed by atoms with Gasteiger partial charge >= 0.3 is 0 Å². The van der Waals surface area contributed by atoms with Gasteiger partial charge in [-0.2, -0.15) is 0 Å². The van der Waals surface area contributed by atoms with Gasteiger partial charge in [-0.3, -0.25) is 0 Å². The van der Waals surface area contributed by atoms with Crippen molar-refractivity contribution in [2.45, 2.75) is 53.0 Å². The van der Waals surface area contributed by atoms with Crippen LogP contribution in [0.15, 0.2) is 30.5 Å². The van der Waals surface area contributed by atoms with Crippen LogP contribution in [0.5, 0.6) is 0 Å². The fraction of sp³-hybridized carbons (Fsp3) is 0.471. The summed E-state index contributed by atoms with van der Waals surface area (Å²) in [5, 5.41) is 3.41. The number of benzene rings is 1. The fourth-order valence-electron chi connectivity index (χ4n) is 2.24. The van der Waals surface area contributed by atoms with Crippen LogP contribution >= 0.6 is 0 Å². The molecule has 0 radical (unpaired) electrons. The first kappa shape index (κ1) is 14.6. The molecule has 1 aromatic carbocycles. The van der Waals surface area contributed by atoms with Crippen LogP contribution in [-0.4, -0.2) is 9.55 Å². The summed E-state index contributed by atoms with van der Waals surface area (Å²) in [6.45, 7) is 11.9. The van der Waals surface area contributed by atoms with Crippen LogP contribution in [0.4, 0.5) is 11.6 Å². The molecule has 20 heavy (non-hydrogen) atoms. The number of nitrogens with one attached hydrogen (secondary N) is 1. The molecular weight excluding hydrogens is 246 g/mol. The molecular formula is C17H25N3. The van der Waals surface area contributed by atoms with Crippen molar-refractivity contribution in [2.24, 2.45) is 0 Å². The largest absolute Gasteiger partial charge is 0.326 e. The molecule has 0 atom stereocenters. The third-order valence-corrected chi connectivity index (χ3v) is 3.37. The van der Waals surface area contributed by atoms with E-state index in [9.17, 15) is 0 Å². The zero-order valence-corrected chi connectivity index (χ0v) is 13.2. The third-order valence-electron chi connectivity index (χ3n) is 3.37. The Kier molecular flexibility index (Phi) is 4.17. The Bertz CT molecular complexity index is 559. The molecule has 0 aliphatic carbocycles. The smallest absolute Gasteiger partial charge is 0.207 e. The third kappa shape index (κ3) is 3.41. The lowest BCUT2D eigenvalue weighted by Gasteiger charge is -2.19. The van der Waals surface area contributed by atoms with E-state index in [-0.39, 0.29) is 5.41 Å². The number of nitrogens with zero attached hydrogens (tertiary/aromatic N) is 2. The summed E-state index contributed by atoms with van der Waals surface area (Å²) in [5.74, 6) is 0.924. The normalized spacial score (nSPS) is 11.7. The number of hydrogen-bond donors (Lipinski definition) is 1. The zero-order valence-electron chi connectivity index (χ0n) is 13.2. The van der Waals surface area contributed by atoms with E-state index in [4.69, 9.17) is 0 Å². The second-order valence-corrected chi connectivity index (χ2v) is 6.35. The highest BCUT2D eigenvalue weighted by Gasteiger charge is 2.13. The molecule has 2 rings (SSSR count). The summed E-state index contributed by atoms with van der Waals surface area (Å²) in [7, 11) is 0. The van der Waals surface area contributed by atoms with Gasteiger partial charge < -0.3 is 9.88 Å². The first-order valence-corrected chi connectivity index (χ1v) is 7.31. The molecule has 3 nitrogen and oxygen atoms in total. The van der Waals surface area contributed by atoms with E-state index in [1.54, 1.807) is 0 Å². The molecule has 0 amide bonds. The molecule has 1 N–H and O–H groups in total. The van der Waals surface area contributed by atoms with Crippen molar-refractivity contribution in [2.75, 3.05) is 5.32 Å². The maximum Gasteiger partial charge on any atom is 0.207 e. The highest BCUT2D eigenvalue weighted by atomic mass is 15.2. The minimum absolute atomic E-state index is 0.190. The number of aromatic nitrogens is 2. The summed E-state index contributed by atoms with van der Waals surface area (Å²) >= 11 is 0. The van der Waals surface area contributed by atoms with E-state index >= 15 is 0 Å². The first-order valence-electron chi connectivity index (χ1n) is 7.31. The van der Waals surface area contributed by atoms with Crippen LogP contribution in [0.2, 0.25) is 0 Å². The highest BCUT2D eigenvalue weighted by Crippen LogP contribution is 2.24. The Hall–Kier alpha value is -1.77. The molecule has 0 saturated carbocycles. The van der Waals surface area contributed by atoms with Gasteiger partial charge in [0.1, 0.15) is 0 Å². The Labute approximate surface area is 122 Å². The van der Waals surface area contributed by atoms with Crippen molar-refractivity contribution in [1.29, 1.82) is 0 Å². The van der Waals surface area contributed by atoms with Crippen molar-refractivity contribution in [3.8, 4) is 0 Å². The Morgan fingerprint density at radius 2 is 1.80 bits per heavy atom. The molecule has 0 saturated heterocycles. The number of rotatable bonds is 4. The lowest BCUT2D eigenvalue weighted by molar-refractivity contribution is 0.590. The molecule has 1 aromatic heterocycles. The second-order valence-electron chi connectivity index (χ2n) is 6.35. The summed E-state index contributed by atoms with van der Waals surface area (Å²) < 4.78 is 2.17. The van der Waals surface area contributed by atoms with Crippen molar-refractivity contribution in [3.05, 3.63) is 41.7 Å². The van der Waals surface area contributed by atoms with Crippen molar-refractivity contribution >= 4 is 11.6 Å². The Morgan fingerprint density at radius 1 is 1.15 bits per heavy atom. The fourth-order valence-corrected chi connectivity index (χ4v) is 2.24. The predicted octanol–water partition coefficient (Wildman–Crippen LogP) is 4.64. The summed E-state index contributed by atoms with van der Waals surface area (Å²) in [5.41, 5.74) is 3.67. The standard InChI is InChI=1S/C17H25N3/c1-6-11-20-12-13(2)18-16(20)19-15-9-7-14(8-10-15)17(3,4)5/h7-10,12H,6,11H2,1-5H3,(H,18,19). The predicted molar refractivity (Wildman–Crippen MR) is 85.7 cm³/mol. The average molecular weight is 271 g/mol. The van der Waals surface area contributed by atoms with E-state index in [1.165, 1.54) is 5.56 Å². The van der Waals surface area contributed by atoms with E-state index < -0.39 is 0 Å². The minimum atomic E-state index is 0.190. The van der Waals surface area contributed by atoms with Gasteiger partial charge in [0.05, 0.1) is 5.69 Å². The highest BCUT2D eigenvalue weighted by molar-refractivity contribution is 5.54. The SMILES string of the molecule is CCCn1cc(C)nc1Nc1ccc(C(C)(C)C)cc1. The van der Waals surface area contributed by atoms with Gasteiger partial charge in [-0.05, 0) is 36.5 Å². The summed E-state index contributed by atoms with van der Waals surface area (Å²) in [4.78, 5) is 4.55. The lowest BCUT2D eigenvalue weighted by Crippen LogP contribution is -2.10. The number of aryl methyl sites for hydroxylation is 2. The summed E-state index contributed by atoms with van der Waals surface area (Å²) in [6.07, 6.45) is 3.20. The van der Waals surface area contributed by atoms with Gasteiger partial charge in [-0.1, -0.05) is 39.8 Å². The lowest BCUT2D eigenvalue weighted by atomic mass is 9.87. The molecule has 0 unspecified atom stereocenters. The molecule has 0 spiro atoms. The maximum atomic E-state index is 4.55. The van der Waals surface area contributed by atoms with Gasteiger partial charge in [-0.25, -0.2) is 4.98 Å². The van der Waals surface area contributed by atoms with Gasteiger partial charge in [0, 0.05) is 18.4 Å². The molecule has 0 aliphatic heterocycles. The molecule has 3 heteroatoms. The van der Waals surface area contributed by atoms with E-state index in [0.717, 1.165) is 30.3 Å².